The Morgan fingerprint density at radius 2 is 1.95 bits per heavy atom. The molecular formula is C27H27F3N6OS. The first-order chi connectivity index (χ1) is 18.2. The second-order valence-electron chi connectivity index (χ2n) is 10.1. The molecule has 0 amide bonds. The van der Waals surface area contributed by atoms with Crippen molar-refractivity contribution < 1.29 is 17.6 Å². The molecule has 2 fully saturated rings. The van der Waals surface area contributed by atoms with E-state index in [0.717, 1.165) is 48.7 Å². The number of aromatic nitrogens is 5. The molecule has 0 bridgehead atoms. The van der Waals surface area contributed by atoms with E-state index in [1.165, 1.54) is 24.4 Å². The quantitative estimate of drug-likeness (QED) is 0.212. The second kappa shape index (κ2) is 9.53. The van der Waals surface area contributed by atoms with Gasteiger partial charge in [0, 0.05) is 36.9 Å². The van der Waals surface area contributed by atoms with Gasteiger partial charge < -0.3 is 13.9 Å². The van der Waals surface area contributed by atoms with Crippen LogP contribution < -0.4 is 0 Å². The first-order valence-electron chi connectivity index (χ1n) is 12.5. The third-order valence-electron chi connectivity index (χ3n) is 7.64. The van der Waals surface area contributed by atoms with E-state index in [0.29, 0.717) is 28.8 Å². The van der Waals surface area contributed by atoms with Crippen LogP contribution in [0.1, 0.15) is 29.8 Å². The Kier molecular flexibility index (Phi) is 6.30. The number of likely N-dealkylation sites (tertiary alicyclic amines) is 1. The monoisotopic (exact) mass is 540 g/mol. The van der Waals surface area contributed by atoms with E-state index in [-0.39, 0.29) is 5.41 Å². The van der Waals surface area contributed by atoms with Gasteiger partial charge in [0.25, 0.3) is 0 Å². The highest BCUT2D eigenvalue weighted by molar-refractivity contribution is 7.99. The second-order valence-corrected chi connectivity index (χ2v) is 11.2. The van der Waals surface area contributed by atoms with E-state index >= 15 is 0 Å². The third-order valence-corrected chi connectivity index (χ3v) is 8.75. The molecule has 1 saturated heterocycles. The molecule has 1 aliphatic heterocycles. The summed E-state index contributed by atoms with van der Waals surface area (Å²) in [6.45, 7) is 5.00. The van der Waals surface area contributed by atoms with Crippen LogP contribution in [-0.4, -0.2) is 55.0 Å². The fourth-order valence-electron chi connectivity index (χ4n) is 5.54. The van der Waals surface area contributed by atoms with Crippen molar-refractivity contribution >= 4 is 11.8 Å². The van der Waals surface area contributed by atoms with Gasteiger partial charge in [-0.1, -0.05) is 42.1 Å². The highest BCUT2D eigenvalue weighted by atomic mass is 32.2. The van der Waals surface area contributed by atoms with E-state index in [2.05, 4.69) is 37.2 Å². The highest BCUT2D eigenvalue weighted by Gasteiger charge is 2.60. The molecule has 0 spiro atoms. The number of hydrogen-bond acceptors (Lipinski definition) is 7. The first-order valence-corrected chi connectivity index (χ1v) is 13.5. The number of pyridine rings is 1. The van der Waals surface area contributed by atoms with Crippen LogP contribution in [0.5, 0.6) is 0 Å². The summed E-state index contributed by atoms with van der Waals surface area (Å²) in [5.41, 5.74) is 2.40. The molecule has 0 radical (unpaired) electrons. The summed E-state index contributed by atoms with van der Waals surface area (Å²) in [6, 6.07) is 12.0. The van der Waals surface area contributed by atoms with Crippen LogP contribution in [0.2, 0.25) is 0 Å². The van der Waals surface area contributed by atoms with Crippen molar-refractivity contribution in [2.75, 3.05) is 25.4 Å². The SMILES string of the molecule is Cc1ncoc1-c1nnc(SCCCN2C[C@@H]3C[C@]3(c3ccc(-c4cccc(C(F)(F)F)n4)cc3)C2)n1C. The zero-order chi connectivity index (χ0) is 26.5. The average Bonchev–Trinajstić information content (AvgIpc) is 3.18. The van der Waals surface area contributed by atoms with Crippen LogP contribution in [0.15, 0.2) is 58.4 Å². The van der Waals surface area contributed by atoms with E-state index in [9.17, 15) is 13.2 Å². The molecule has 11 heteroatoms. The Morgan fingerprint density at radius 1 is 1.13 bits per heavy atom. The molecule has 1 saturated carbocycles. The summed E-state index contributed by atoms with van der Waals surface area (Å²) >= 11 is 1.69. The lowest BCUT2D eigenvalue weighted by Crippen LogP contribution is -2.27. The van der Waals surface area contributed by atoms with Gasteiger partial charge in [-0.2, -0.15) is 13.2 Å². The molecule has 4 aromatic rings. The largest absolute Gasteiger partial charge is 0.440 e. The molecule has 0 unspecified atom stereocenters. The van der Waals surface area contributed by atoms with Gasteiger partial charge in [-0.15, -0.1) is 10.2 Å². The maximum absolute atomic E-state index is 13.0. The lowest BCUT2D eigenvalue weighted by atomic mass is 9.93. The number of fused-ring (bicyclic) bond motifs is 1. The average molecular weight is 541 g/mol. The number of aryl methyl sites for hydroxylation is 1. The number of alkyl halides is 3. The number of benzene rings is 1. The maximum Gasteiger partial charge on any atom is 0.433 e. The zero-order valence-electron chi connectivity index (χ0n) is 21.1. The van der Waals surface area contributed by atoms with E-state index in [1.807, 2.05) is 30.7 Å². The Labute approximate surface area is 222 Å². The van der Waals surface area contributed by atoms with Crippen LogP contribution in [-0.2, 0) is 18.6 Å². The van der Waals surface area contributed by atoms with Crippen molar-refractivity contribution in [3.63, 3.8) is 0 Å². The molecule has 38 heavy (non-hydrogen) atoms. The Balaban J connectivity index is 1.03. The van der Waals surface area contributed by atoms with Crippen molar-refractivity contribution in [2.45, 2.75) is 36.5 Å². The Hall–Kier alpha value is -3.18. The van der Waals surface area contributed by atoms with Gasteiger partial charge in [-0.25, -0.2) is 9.97 Å². The summed E-state index contributed by atoms with van der Waals surface area (Å²) in [7, 11) is 1.94. The number of hydrogen-bond donors (Lipinski definition) is 0. The smallest absolute Gasteiger partial charge is 0.433 e. The van der Waals surface area contributed by atoms with E-state index in [4.69, 9.17) is 4.42 Å². The van der Waals surface area contributed by atoms with Gasteiger partial charge in [0.2, 0.25) is 5.82 Å². The van der Waals surface area contributed by atoms with Gasteiger partial charge in [-0.3, -0.25) is 0 Å². The van der Waals surface area contributed by atoms with E-state index < -0.39 is 11.9 Å². The fraction of sp³-hybridized carbons (Fsp3) is 0.407. The van der Waals surface area contributed by atoms with Gasteiger partial charge >= 0.3 is 6.18 Å². The molecule has 7 nitrogen and oxygen atoms in total. The molecule has 1 aliphatic carbocycles. The summed E-state index contributed by atoms with van der Waals surface area (Å²) < 4.78 is 46.5. The van der Waals surface area contributed by atoms with Crippen LogP contribution >= 0.6 is 11.8 Å². The maximum atomic E-state index is 13.0. The lowest BCUT2D eigenvalue weighted by Gasteiger charge is -2.21. The summed E-state index contributed by atoms with van der Waals surface area (Å²) in [5, 5.41) is 9.43. The molecule has 0 N–H and O–H groups in total. The Morgan fingerprint density at radius 3 is 2.68 bits per heavy atom. The van der Waals surface area contributed by atoms with Gasteiger partial charge in [0.05, 0.1) is 11.4 Å². The number of oxazole rings is 1. The van der Waals surface area contributed by atoms with Crippen molar-refractivity contribution in [2.24, 2.45) is 13.0 Å². The lowest BCUT2D eigenvalue weighted by molar-refractivity contribution is -0.141. The van der Waals surface area contributed by atoms with E-state index in [1.54, 1.807) is 17.8 Å². The topological polar surface area (TPSA) is 72.9 Å². The number of halogens is 3. The summed E-state index contributed by atoms with van der Waals surface area (Å²) in [6.07, 6.45) is -0.823. The van der Waals surface area contributed by atoms with Crippen LogP contribution in [0.3, 0.4) is 0 Å². The molecule has 1 aromatic carbocycles. The van der Waals surface area contributed by atoms with Crippen LogP contribution in [0.25, 0.3) is 22.8 Å². The van der Waals surface area contributed by atoms with Crippen molar-refractivity contribution in [1.82, 2.24) is 29.6 Å². The van der Waals surface area contributed by atoms with Crippen molar-refractivity contribution in [3.05, 3.63) is 65.8 Å². The fourth-order valence-corrected chi connectivity index (χ4v) is 6.37. The van der Waals surface area contributed by atoms with Crippen LogP contribution in [0, 0.1) is 12.8 Å². The van der Waals surface area contributed by atoms with Crippen molar-refractivity contribution in [3.8, 4) is 22.8 Å². The minimum atomic E-state index is -4.45. The molecule has 3 aromatic heterocycles. The summed E-state index contributed by atoms with van der Waals surface area (Å²) in [4.78, 5) is 10.5. The minimum absolute atomic E-state index is 0.167. The van der Waals surface area contributed by atoms with Crippen molar-refractivity contribution in [1.29, 1.82) is 0 Å². The number of rotatable bonds is 8. The zero-order valence-corrected chi connectivity index (χ0v) is 21.9. The molecular weight excluding hydrogens is 513 g/mol. The first kappa shape index (κ1) is 25.1. The standard InChI is InChI=1S/C27H27F3N6OS/c1-17-23(37-16-31-17)24-33-34-25(35(24)2)38-12-4-11-36-14-20-13-26(20,15-36)19-9-7-18(8-10-19)21-5-3-6-22(32-21)27(28,29)30/h3,5-10,16,20H,4,11-15H2,1-2H3/t20-,26+/m0/s1. The molecule has 198 valence electrons. The number of thioether (sulfide) groups is 1. The molecule has 2 atom stereocenters. The number of nitrogens with zero attached hydrogens (tertiary/aromatic N) is 6. The third kappa shape index (κ3) is 4.62. The Bertz CT molecular complexity index is 1450. The van der Waals surface area contributed by atoms with Gasteiger partial charge in [0.15, 0.2) is 17.3 Å². The number of piperidine rings is 1. The molecule has 6 rings (SSSR count). The highest BCUT2D eigenvalue weighted by Crippen LogP contribution is 2.59. The summed E-state index contributed by atoms with van der Waals surface area (Å²) in [5.74, 6) is 2.90. The van der Waals surface area contributed by atoms with Gasteiger partial charge in [0.1, 0.15) is 5.69 Å². The minimum Gasteiger partial charge on any atom is -0.440 e. The predicted octanol–water partition coefficient (Wildman–Crippen LogP) is 5.62. The molecule has 4 heterocycles. The normalized spacial score (nSPS) is 21.1. The molecule has 2 aliphatic rings. The predicted molar refractivity (Wildman–Crippen MR) is 137 cm³/mol. The van der Waals surface area contributed by atoms with Crippen LogP contribution in [0.4, 0.5) is 13.2 Å². The van der Waals surface area contributed by atoms with Gasteiger partial charge in [-0.05, 0) is 49.9 Å².